The largest absolute Gasteiger partial charge is 0.389 e. The zero-order valence-electron chi connectivity index (χ0n) is 12.1. The molecule has 0 aliphatic carbocycles. The van der Waals surface area contributed by atoms with Crippen LogP contribution in [0.5, 0.6) is 0 Å². The van der Waals surface area contributed by atoms with Gasteiger partial charge in [0.1, 0.15) is 0 Å². The molecule has 1 aromatic heterocycles. The van der Waals surface area contributed by atoms with E-state index in [1.807, 2.05) is 6.33 Å². The molecular formula is C15H23N3O. The molecule has 0 aliphatic rings. The summed E-state index contributed by atoms with van der Waals surface area (Å²) in [7, 11) is 0. The first kappa shape index (κ1) is 14.0. The first-order valence-corrected chi connectivity index (χ1v) is 6.70. The third-order valence-electron chi connectivity index (χ3n) is 3.84. The second kappa shape index (κ2) is 4.94. The molecule has 4 nitrogen and oxygen atoms in total. The third kappa shape index (κ3) is 2.80. The molecule has 2 aromatic rings. The summed E-state index contributed by atoms with van der Waals surface area (Å²) in [5.41, 5.74) is 9.37. The van der Waals surface area contributed by atoms with Crippen molar-refractivity contribution < 1.29 is 5.11 Å². The van der Waals surface area contributed by atoms with Gasteiger partial charge in [-0.2, -0.15) is 0 Å². The van der Waals surface area contributed by atoms with Crippen LogP contribution in [0.3, 0.4) is 0 Å². The molecule has 1 aromatic carbocycles. The van der Waals surface area contributed by atoms with Crippen LogP contribution in [0, 0.1) is 13.8 Å². The van der Waals surface area contributed by atoms with Gasteiger partial charge in [0.25, 0.3) is 0 Å². The predicted octanol–water partition coefficient (Wildman–Crippen LogP) is 2.31. The maximum Gasteiger partial charge on any atom is 0.0960 e. The number of benzene rings is 1. The van der Waals surface area contributed by atoms with E-state index >= 15 is 0 Å². The molecule has 19 heavy (non-hydrogen) atoms. The first-order valence-electron chi connectivity index (χ1n) is 6.70. The number of hydrogen-bond acceptors (Lipinski definition) is 3. The maximum absolute atomic E-state index is 10.1. The van der Waals surface area contributed by atoms with E-state index in [4.69, 9.17) is 5.73 Å². The molecular weight excluding hydrogens is 238 g/mol. The Bertz CT molecular complexity index is 586. The van der Waals surface area contributed by atoms with E-state index in [0.29, 0.717) is 6.42 Å². The number of aromatic nitrogens is 2. The van der Waals surface area contributed by atoms with Crippen molar-refractivity contribution in [2.45, 2.75) is 45.8 Å². The molecule has 104 valence electrons. The highest BCUT2D eigenvalue weighted by Crippen LogP contribution is 2.26. The molecule has 4 heteroatoms. The molecule has 0 saturated carbocycles. The van der Waals surface area contributed by atoms with Crippen molar-refractivity contribution in [1.82, 2.24) is 9.55 Å². The average molecular weight is 261 g/mol. The Kier molecular flexibility index (Phi) is 3.65. The van der Waals surface area contributed by atoms with Crippen LogP contribution in [0.25, 0.3) is 11.0 Å². The topological polar surface area (TPSA) is 64.1 Å². The van der Waals surface area contributed by atoms with Crippen molar-refractivity contribution in [2.24, 2.45) is 5.73 Å². The van der Waals surface area contributed by atoms with Crippen LogP contribution in [-0.2, 0) is 0 Å². The monoisotopic (exact) mass is 261 g/mol. The van der Waals surface area contributed by atoms with Crippen LogP contribution in [-0.4, -0.2) is 26.8 Å². The lowest BCUT2D eigenvalue weighted by Crippen LogP contribution is -2.36. The van der Waals surface area contributed by atoms with Crippen LogP contribution >= 0.6 is 0 Å². The minimum Gasteiger partial charge on any atom is -0.389 e. The fourth-order valence-electron chi connectivity index (χ4n) is 2.45. The molecule has 0 spiro atoms. The van der Waals surface area contributed by atoms with Crippen molar-refractivity contribution in [1.29, 1.82) is 0 Å². The second-order valence-corrected chi connectivity index (χ2v) is 5.83. The number of nitrogens with zero attached hydrogens (tertiary/aromatic N) is 2. The zero-order chi connectivity index (χ0) is 14.2. The number of nitrogens with two attached hydrogens (primary N) is 1. The molecule has 2 unspecified atom stereocenters. The summed E-state index contributed by atoms with van der Waals surface area (Å²) in [6.07, 6.45) is 2.46. The summed E-state index contributed by atoms with van der Waals surface area (Å²) < 4.78 is 2.12. The van der Waals surface area contributed by atoms with Gasteiger partial charge in [-0.05, 0) is 57.4 Å². The van der Waals surface area contributed by atoms with E-state index in [9.17, 15) is 5.11 Å². The fraction of sp³-hybridized carbons (Fsp3) is 0.533. The quantitative estimate of drug-likeness (QED) is 0.887. The molecule has 2 atom stereocenters. The smallest absolute Gasteiger partial charge is 0.0960 e. The Morgan fingerprint density at radius 3 is 2.63 bits per heavy atom. The van der Waals surface area contributed by atoms with Crippen LogP contribution in [0.1, 0.15) is 37.4 Å². The van der Waals surface area contributed by atoms with Crippen molar-refractivity contribution in [3.05, 3.63) is 29.6 Å². The van der Waals surface area contributed by atoms with Gasteiger partial charge in [-0.3, -0.25) is 0 Å². The summed E-state index contributed by atoms with van der Waals surface area (Å²) in [6, 6.07) is 4.42. The molecule has 0 saturated heterocycles. The minimum atomic E-state index is -0.838. The number of aliphatic hydroxyl groups is 1. The van der Waals surface area contributed by atoms with E-state index in [-0.39, 0.29) is 12.6 Å². The first-order chi connectivity index (χ1) is 8.84. The number of rotatable bonds is 4. The van der Waals surface area contributed by atoms with Gasteiger partial charge < -0.3 is 15.4 Å². The van der Waals surface area contributed by atoms with Crippen LogP contribution in [0.2, 0.25) is 0 Å². The zero-order valence-corrected chi connectivity index (χ0v) is 12.1. The molecule has 0 aliphatic heterocycles. The van der Waals surface area contributed by atoms with Crippen molar-refractivity contribution >= 4 is 11.0 Å². The van der Waals surface area contributed by atoms with Gasteiger partial charge in [0.2, 0.25) is 0 Å². The maximum atomic E-state index is 10.1. The van der Waals surface area contributed by atoms with Gasteiger partial charge in [0.15, 0.2) is 0 Å². The number of fused-ring (bicyclic) bond motifs is 1. The summed E-state index contributed by atoms with van der Waals surface area (Å²) in [5.74, 6) is 0. The Morgan fingerprint density at radius 2 is 2.00 bits per heavy atom. The Hall–Kier alpha value is -1.39. The van der Waals surface area contributed by atoms with Gasteiger partial charge in [-0.15, -0.1) is 0 Å². The van der Waals surface area contributed by atoms with Gasteiger partial charge in [0, 0.05) is 12.6 Å². The third-order valence-corrected chi connectivity index (χ3v) is 3.84. The van der Waals surface area contributed by atoms with Crippen LogP contribution < -0.4 is 5.73 Å². The summed E-state index contributed by atoms with van der Waals surface area (Å²) in [4.78, 5) is 4.45. The number of aryl methyl sites for hydroxylation is 2. The standard InChI is InChI=1S/C15H23N3O/c1-10-5-13-14(6-11(10)2)18(9-17-13)12(3)7-15(4,19)8-16/h5-6,9,12,19H,7-8,16H2,1-4H3. The van der Waals surface area contributed by atoms with Gasteiger partial charge in [0.05, 0.1) is 23.0 Å². The Labute approximate surface area is 114 Å². The van der Waals surface area contributed by atoms with E-state index < -0.39 is 5.60 Å². The highest BCUT2D eigenvalue weighted by Gasteiger charge is 2.23. The molecule has 3 N–H and O–H groups in total. The minimum absolute atomic E-state index is 0.158. The van der Waals surface area contributed by atoms with E-state index in [1.165, 1.54) is 11.1 Å². The van der Waals surface area contributed by atoms with E-state index in [1.54, 1.807) is 6.92 Å². The summed E-state index contributed by atoms with van der Waals surface area (Å²) in [5, 5.41) is 10.1. The SMILES string of the molecule is Cc1cc2ncn(C(C)CC(C)(O)CN)c2cc1C. The van der Waals surface area contributed by atoms with Crippen LogP contribution in [0.15, 0.2) is 18.5 Å². The lowest BCUT2D eigenvalue weighted by molar-refractivity contribution is 0.0470. The molecule has 0 amide bonds. The highest BCUT2D eigenvalue weighted by atomic mass is 16.3. The van der Waals surface area contributed by atoms with Crippen LogP contribution in [0.4, 0.5) is 0 Å². The highest BCUT2D eigenvalue weighted by molar-refractivity contribution is 5.77. The Morgan fingerprint density at radius 1 is 1.37 bits per heavy atom. The Balaban J connectivity index is 2.38. The number of imidazole rings is 1. The van der Waals surface area contributed by atoms with Crippen molar-refractivity contribution in [2.75, 3.05) is 6.54 Å². The summed E-state index contributed by atoms with van der Waals surface area (Å²) >= 11 is 0. The molecule has 0 bridgehead atoms. The van der Waals surface area contributed by atoms with Gasteiger partial charge >= 0.3 is 0 Å². The van der Waals surface area contributed by atoms with E-state index in [0.717, 1.165) is 11.0 Å². The average Bonchev–Trinajstić information content (AvgIpc) is 2.72. The normalized spacial score (nSPS) is 16.5. The molecule has 2 rings (SSSR count). The fourth-order valence-corrected chi connectivity index (χ4v) is 2.45. The second-order valence-electron chi connectivity index (χ2n) is 5.83. The summed E-state index contributed by atoms with van der Waals surface area (Å²) in [6.45, 7) is 8.32. The van der Waals surface area contributed by atoms with E-state index in [2.05, 4.69) is 42.5 Å². The van der Waals surface area contributed by atoms with Gasteiger partial charge in [-0.25, -0.2) is 4.98 Å². The van der Waals surface area contributed by atoms with Gasteiger partial charge in [-0.1, -0.05) is 0 Å². The van der Waals surface area contributed by atoms with Crippen molar-refractivity contribution in [3.63, 3.8) is 0 Å². The van der Waals surface area contributed by atoms with Crippen molar-refractivity contribution in [3.8, 4) is 0 Å². The molecule has 0 fully saturated rings. The predicted molar refractivity (Wildman–Crippen MR) is 78.2 cm³/mol. The number of hydrogen-bond donors (Lipinski definition) is 2. The lowest BCUT2D eigenvalue weighted by Gasteiger charge is -2.26. The molecule has 0 radical (unpaired) electrons. The lowest BCUT2D eigenvalue weighted by atomic mass is 9.97. The molecule has 1 heterocycles.